The van der Waals surface area contributed by atoms with E-state index in [1.54, 1.807) is 0 Å². The standard InChI is InChI=1S/C11H13FN2O3/c1-17-11(16)7-13-6-10(15)14-9-4-2-8(12)3-5-9/h2-5,13H,6-7H2,1H3,(H,14,15). The molecule has 6 heteroatoms. The highest BCUT2D eigenvalue weighted by atomic mass is 19.1. The maximum absolute atomic E-state index is 12.6. The quantitative estimate of drug-likeness (QED) is 0.737. The van der Waals surface area contributed by atoms with E-state index >= 15 is 0 Å². The minimum Gasteiger partial charge on any atom is -0.468 e. The van der Waals surface area contributed by atoms with Crippen molar-refractivity contribution < 1.29 is 18.7 Å². The summed E-state index contributed by atoms with van der Waals surface area (Å²) in [6.45, 7) is -0.0557. The van der Waals surface area contributed by atoms with E-state index in [0.29, 0.717) is 5.69 Å². The Hall–Kier alpha value is -1.95. The minimum absolute atomic E-state index is 0.0214. The third-order valence-electron chi connectivity index (χ3n) is 1.91. The summed E-state index contributed by atoms with van der Waals surface area (Å²) in [6.07, 6.45) is 0. The van der Waals surface area contributed by atoms with Crippen LogP contribution in [0.5, 0.6) is 0 Å². The van der Waals surface area contributed by atoms with E-state index in [4.69, 9.17) is 0 Å². The molecule has 17 heavy (non-hydrogen) atoms. The van der Waals surface area contributed by atoms with Gasteiger partial charge in [0.1, 0.15) is 5.82 Å². The summed E-state index contributed by atoms with van der Waals surface area (Å²) in [6, 6.07) is 5.40. The molecule has 0 aliphatic heterocycles. The maximum Gasteiger partial charge on any atom is 0.319 e. The van der Waals surface area contributed by atoms with Crippen molar-refractivity contribution in [2.75, 3.05) is 25.5 Å². The van der Waals surface area contributed by atoms with E-state index in [0.717, 1.165) is 0 Å². The molecule has 1 aromatic rings. The highest BCUT2D eigenvalue weighted by Gasteiger charge is 2.04. The number of benzene rings is 1. The number of carbonyl (C=O) groups excluding carboxylic acids is 2. The monoisotopic (exact) mass is 240 g/mol. The lowest BCUT2D eigenvalue weighted by molar-refractivity contribution is -0.139. The summed E-state index contributed by atoms with van der Waals surface area (Å²) in [5.74, 6) is -1.13. The Morgan fingerprint density at radius 2 is 1.88 bits per heavy atom. The molecule has 1 amide bonds. The van der Waals surface area contributed by atoms with Crippen LogP contribution in [-0.4, -0.2) is 32.1 Å². The van der Waals surface area contributed by atoms with E-state index in [1.165, 1.54) is 31.4 Å². The van der Waals surface area contributed by atoms with Gasteiger partial charge in [-0.1, -0.05) is 0 Å². The number of amides is 1. The van der Waals surface area contributed by atoms with Crippen LogP contribution in [0.3, 0.4) is 0 Å². The molecule has 92 valence electrons. The highest BCUT2D eigenvalue weighted by molar-refractivity contribution is 5.92. The van der Waals surface area contributed by atoms with Crippen molar-refractivity contribution in [3.8, 4) is 0 Å². The van der Waals surface area contributed by atoms with Crippen LogP contribution in [0.2, 0.25) is 0 Å². The Bertz CT molecular complexity index is 392. The lowest BCUT2D eigenvalue weighted by atomic mass is 10.3. The molecule has 0 heterocycles. The van der Waals surface area contributed by atoms with Gasteiger partial charge in [-0.25, -0.2) is 4.39 Å². The van der Waals surface area contributed by atoms with E-state index in [9.17, 15) is 14.0 Å². The van der Waals surface area contributed by atoms with Crippen LogP contribution in [0, 0.1) is 5.82 Å². The average molecular weight is 240 g/mol. The molecule has 2 N–H and O–H groups in total. The number of hydrogen-bond acceptors (Lipinski definition) is 4. The Balaban J connectivity index is 2.30. The summed E-state index contributed by atoms with van der Waals surface area (Å²) in [5, 5.41) is 5.15. The number of halogens is 1. The van der Waals surface area contributed by atoms with Crippen molar-refractivity contribution in [3.05, 3.63) is 30.1 Å². The second-order valence-corrected chi connectivity index (χ2v) is 3.23. The smallest absolute Gasteiger partial charge is 0.319 e. The van der Waals surface area contributed by atoms with Crippen LogP contribution < -0.4 is 10.6 Å². The van der Waals surface area contributed by atoms with Gasteiger partial charge in [-0.15, -0.1) is 0 Å². The average Bonchev–Trinajstić information content (AvgIpc) is 2.32. The number of methoxy groups -OCH3 is 1. The fourth-order valence-electron chi connectivity index (χ4n) is 1.09. The molecule has 0 unspecified atom stereocenters. The van der Waals surface area contributed by atoms with Crippen molar-refractivity contribution in [1.29, 1.82) is 0 Å². The van der Waals surface area contributed by atoms with Crippen LogP contribution in [0.1, 0.15) is 0 Å². The number of nitrogens with one attached hydrogen (secondary N) is 2. The predicted molar refractivity (Wildman–Crippen MR) is 59.9 cm³/mol. The Kier molecular flexibility index (Phi) is 5.09. The molecule has 0 saturated heterocycles. The van der Waals surface area contributed by atoms with Crippen molar-refractivity contribution in [1.82, 2.24) is 5.32 Å². The van der Waals surface area contributed by atoms with Gasteiger partial charge in [-0.3, -0.25) is 14.9 Å². The molecule has 1 rings (SSSR count). The van der Waals surface area contributed by atoms with Gasteiger partial charge in [0.25, 0.3) is 0 Å². The van der Waals surface area contributed by atoms with E-state index in [2.05, 4.69) is 15.4 Å². The summed E-state index contributed by atoms with van der Waals surface area (Å²) in [5.41, 5.74) is 0.497. The number of anilines is 1. The number of carbonyl (C=O) groups is 2. The summed E-state index contributed by atoms with van der Waals surface area (Å²) < 4.78 is 17.0. The molecule has 5 nitrogen and oxygen atoms in total. The third kappa shape index (κ3) is 5.07. The van der Waals surface area contributed by atoms with Crippen LogP contribution in [-0.2, 0) is 14.3 Å². The first-order valence-electron chi connectivity index (χ1n) is 4.95. The van der Waals surface area contributed by atoms with Crippen LogP contribution >= 0.6 is 0 Å². The molecule has 0 fully saturated rings. The zero-order valence-corrected chi connectivity index (χ0v) is 9.33. The largest absolute Gasteiger partial charge is 0.468 e. The van der Waals surface area contributed by atoms with Crippen molar-refractivity contribution in [3.63, 3.8) is 0 Å². The summed E-state index contributed by atoms with van der Waals surface area (Å²) in [4.78, 5) is 22.1. The SMILES string of the molecule is COC(=O)CNCC(=O)Nc1ccc(F)cc1. The molecule has 0 saturated carbocycles. The highest BCUT2D eigenvalue weighted by Crippen LogP contribution is 2.07. The first kappa shape index (κ1) is 13.1. The summed E-state index contributed by atoms with van der Waals surface area (Å²) >= 11 is 0. The molecular formula is C11H13FN2O3. The lowest BCUT2D eigenvalue weighted by Crippen LogP contribution is -2.32. The fraction of sp³-hybridized carbons (Fsp3) is 0.273. The van der Waals surface area contributed by atoms with E-state index in [1.807, 2.05) is 0 Å². The zero-order chi connectivity index (χ0) is 12.7. The van der Waals surface area contributed by atoms with Gasteiger partial charge in [0.05, 0.1) is 20.2 Å². The van der Waals surface area contributed by atoms with E-state index < -0.39 is 5.97 Å². The van der Waals surface area contributed by atoms with Gasteiger partial charge in [-0.2, -0.15) is 0 Å². The molecule has 0 spiro atoms. The molecule has 0 atom stereocenters. The van der Waals surface area contributed by atoms with Crippen molar-refractivity contribution >= 4 is 17.6 Å². The fourth-order valence-corrected chi connectivity index (χ4v) is 1.09. The Morgan fingerprint density at radius 3 is 2.47 bits per heavy atom. The van der Waals surface area contributed by atoms with Crippen molar-refractivity contribution in [2.45, 2.75) is 0 Å². The summed E-state index contributed by atoms with van der Waals surface area (Å²) in [7, 11) is 1.27. The predicted octanol–water partition coefficient (Wildman–Crippen LogP) is 0.527. The van der Waals surface area contributed by atoms with Gasteiger partial charge >= 0.3 is 5.97 Å². The number of hydrogen-bond donors (Lipinski definition) is 2. The van der Waals surface area contributed by atoms with Crippen LogP contribution in [0.15, 0.2) is 24.3 Å². The number of esters is 1. The second kappa shape index (κ2) is 6.59. The maximum atomic E-state index is 12.6. The van der Waals surface area contributed by atoms with Crippen molar-refractivity contribution in [2.24, 2.45) is 0 Å². The Labute approximate surface area is 98.0 Å². The van der Waals surface area contributed by atoms with Crippen LogP contribution in [0.4, 0.5) is 10.1 Å². The third-order valence-corrected chi connectivity index (χ3v) is 1.91. The molecule has 0 aliphatic carbocycles. The van der Waals surface area contributed by atoms with Gasteiger partial charge in [-0.05, 0) is 24.3 Å². The Morgan fingerprint density at radius 1 is 1.24 bits per heavy atom. The van der Waals surface area contributed by atoms with Gasteiger partial charge in [0, 0.05) is 5.69 Å². The molecule has 0 aliphatic rings. The minimum atomic E-state index is -0.445. The number of rotatable bonds is 5. The first-order chi connectivity index (χ1) is 8.11. The topological polar surface area (TPSA) is 67.4 Å². The van der Waals surface area contributed by atoms with E-state index in [-0.39, 0.29) is 24.8 Å². The second-order valence-electron chi connectivity index (χ2n) is 3.23. The van der Waals surface area contributed by atoms with Crippen LogP contribution in [0.25, 0.3) is 0 Å². The zero-order valence-electron chi connectivity index (χ0n) is 9.33. The molecular weight excluding hydrogens is 227 g/mol. The molecule has 1 aromatic carbocycles. The van der Waals surface area contributed by atoms with Gasteiger partial charge < -0.3 is 10.1 Å². The molecule has 0 radical (unpaired) electrons. The number of ether oxygens (including phenoxy) is 1. The molecule has 0 aromatic heterocycles. The molecule has 0 bridgehead atoms. The first-order valence-corrected chi connectivity index (χ1v) is 4.95. The normalized spacial score (nSPS) is 9.76. The van der Waals surface area contributed by atoms with Gasteiger partial charge in [0.2, 0.25) is 5.91 Å². The lowest BCUT2D eigenvalue weighted by Gasteiger charge is -2.05. The van der Waals surface area contributed by atoms with Gasteiger partial charge in [0.15, 0.2) is 0 Å².